The summed E-state index contributed by atoms with van der Waals surface area (Å²) in [7, 11) is 0. The Morgan fingerprint density at radius 3 is 2.00 bits per heavy atom. The van der Waals surface area contributed by atoms with Crippen molar-refractivity contribution in [2.75, 3.05) is 5.32 Å². The van der Waals surface area contributed by atoms with E-state index in [1.54, 1.807) is 6.92 Å². The van der Waals surface area contributed by atoms with Crippen molar-refractivity contribution in [3.8, 4) is 0 Å². The molecule has 1 amide bonds. The molecule has 2 aromatic carbocycles. The molecule has 0 fully saturated rings. The largest absolute Gasteiger partial charge is 0.416 e. The van der Waals surface area contributed by atoms with E-state index in [2.05, 4.69) is 10.5 Å². The number of carbonyl (C=O) groups is 2. The summed E-state index contributed by atoms with van der Waals surface area (Å²) in [6, 6.07) is 10.0. The van der Waals surface area contributed by atoms with Gasteiger partial charge in [0, 0.05) is 16.8 Å². The summed E-state index contributed by atoms with van der Waals surface area (Å²) in [5.74, 6) is -0.450. The Bertz CT molecular complexity index is 975. The normalized spacial score (nSPS) is 11.3. The zero-order valence-corrected chi connectivity index (χ0v) is 14.0. The first-order valence-corrected chi connectivity index (χ1v) is 7.80. The van der Waals surface area contributed by atoms with Crippen LogP contribution in [0.1, 0.15) is 37.6 Å². The van der Waals surface area contributed by atoms with Gasteiger partial charge >= 0.3 is 6.18 Å². The molecule has 0 aliphatic rings. The summed E-state index contributed by atoms with van der Waals surface area (Å²) in [6.45, 7) is 1.60. The molecule has 8 heteroatoms. The standard InChI is InChI=1S/C19H13F3N2O3/c1-11-16(10-23-27-11)18(26)24-15-8-4-13(5-9-15)17(25)12-2-6-14(7-3-12)19(20,21)22/h2-10H,1H3,(H,24,26). The van der Waals surface area contributed by atoms with Crippen molar-refractivity contribution in [2.45, 2.75) is 13.1 Å². The average molecular weight is 374 g/mol. The van der Waals surface area contributed by atoms with E-state index < -0.39 is 23.4 Å². The van der Waals surface area contributed by atoms with Gasteiger partial charge in [-0.2, -0.15) is 13.2 Å². The van der Waals surface area contributed by atoms with Crippen LogP contribution in [0.5, 0.6) is 0 Å². The highest BCUT2D eigenvalue weighted by Gasteiger charge is 2.30. The van der Waals surface area contributed by atoms with Gasteiger partial charge in [-0.05, 0) is 43.3 Å². The van der Waals surface area contributed by atoms with E-state index in [0.29, 0.717) is 17.0 Å². The molecule has 0 bridgehead atoms. The van der Waals surface area contributed by atoms with Crippen LogP contribution in [-0.2, 0) is 6.18 Å². The molecule has 1 N–H and O–H groups in total. The fraction of sp³-hybridized carbons (Fsp3) is 0.105. The van der Waals surface area contributed by atoms with Gasteiger partial charge in [-0.15, -0.1) is 0 Å². The third-order valence-corrected chi connectivity index (χ3v) is 3.87. The smallest absolute Gasteiger partial charge is 0.361 e. The number of ketones is 1. The number of amides is 1. The first kappa shape index (κ1) is 18.4. The van der Waals surface area contributed by atoms with Gasteiger partial charge in [-0.1, -0.05) is 17.3 Å². The third kappa shape index (κ3) is 4.05. The molecular weight excluding hydrogens is 361 g/mol. The third-order valence-electron chi connectivity index (χ3n) is 3.87. The predicted molar refractivity (Wildman–Crippen MR) is 90.5 cm³/mol. The molecule has 5 nitrogen and oxygen atoms in total. The summed E-state index contributed by atoms with van der Waals surface area (Å²) in [6.07, 6.45) is -3.16. The van der Waals surface area contributed by atoms with Crippen molar-refractivity contribution in [1.82, 2.24) is 5.16 Å². The maximum atomic E-state index is 12.6. The van der Waals surface area contributed by atoms with Crippen molar-refractivity contribution in [1.29, 1.82) is 0 Å². The summed E-state index contributed by atoms with van der Waals surface area (Å²) in [5, 5.41) is 6.17. The Kier molecular flexibility index (Phi) is 4.81. The van der Waals surface area contributed by atoms with Crippen LogP contribution >= 0.6 is 0 Å². The molecule has 0 saturated heterocycles. The number of rotatable bonds is 4. The zero-order valence-electron chi connectivity index (χ0n) is 14.0. The van der Waals surface area contributed by atoms with Gasteiger partial charge in [-0.25, -0.2) is 0 Å². The number of benzene rings is 2. The number of aryl methyl sites for hydroxylation is 1. The van der Waals surface area contributed by atoms with Crippen molar-refractivity contribution in [3.05, 3.63) is 82.7 Å². The first-order chi connectivity index (χ1) is 12.8. The molecular formula is C19H13F3N2O3. The minimum atomic E-state index is -4.45. The summed E-state index contributed by atoms with van der Waals surface area (Å²) < 4.78 is 42.6. The van der Waals surface area contributed by atoms with E-state index in [1.807, 2.05) is 0 Å². The summed E-state index contributed by atoms with van der Waals surface area (Å²) in [5.41, 5.74) is 0.347. The van der Waals surface area contributed by atoms with Crippen LogP contribution in [0.2, 0.25) is 0 Å². The van der Waals surface area contributed by atoms with Crippen molar-refractivity contribution >= 4 is 17.4 Å². The summed E-state index contributed by atoms with van der Waals surface area (Å²) in [4.78, 5) is 24.5. The van der Waals surface area contributed by atoms with E-state index in [0.717, 1.165) is 24.3 Å². The maximum Gasteiger partial charge on any atom is 0.416 e. The van der Waals surface area contributed by atoms with Gasteiger partial charge in [0.25, 0.3) is 5.91 Å². The summed E-state index contributed by atoms with van der Waals surface area (Å²) >= 11 is 0. The second kappa shape index (κ2) is 7.06. The fourth-order valence-corrected chi connectivity index (χ4v) is 2.40. The maximum absolute atomic E-state index is 12.6. The molecule has 0 aliphatic heterocycles. The average Bonchev–Trinajstić information content (AvgIpc) is 3.07. The molecule has 3 aromatic rings. The van der Waals surface area contributed by atoms with Gasteiger partial charge in [-0.3, -0.25) is 9.59 Å². The highest BCUT2D eigenvalue weighted by atomic mass is 19.4. The van der Waals surface area contributed by atoms with E-state index in [9.17, 15) is 22.8 Å². The first-order valence-electron chi connectivity index (χ1n) is 7.80. The van der Waals surface area contributed by atoms with Crippen molar-refractivity contribution < 1.29 is 27.3 Å². The number of alkyl halides is 3. The zero-order chi connectivity index (χ0) is 19.6. The van der Waals surface area contributed by atoms with E-state index >= 15 is 0 Å². The van der Waals surface area contributed by atoms with Crippen LogP contribution in [0.3, 0.4) is 0 Å². The molecule has 3 rings (SSSR count). The minimum absolute atomic E-state index is 0.139. The van der Waals surface area contributed by atoms with Crippen LogP contribution < -0.4 is 5.32 Å². The Hall–Kier alpha value is -3.42. The molecule has 0 saturated carbocycles. The highest BCUT2D eigenvalue weighted by molar-refractivity contribution is 6.09. The van der Waals surface area contributed by atoms with Gasteiger partial charge in [0.15, 0.2) is 5.78 Å². The molecule has 27 heavy (non-hydrogen) atoms. The molecule has 0 radical (unpaired) electrons. The molecule has 0 aliphatic carbocycles. The fourth-order valence-electron chi connectivity index (χ4n) is 2.40. The number of nitrogens with one attached hydrogen (secondary N) is 1. The number of carbonyl (C=O) groups excluding carboxylic acids is 2. The second-order valence-corrected chi connectivity index (χ2v) is 5.73. The van der Waals surface area contributed by atoms with E-state index in [1.165, 1.54) is 30.5 Å². The van der Waals surface area contributed by atoms with E-state index in [4.69, 9.17) is 4.52 Å². The Morgan fingerprint density at radius 1 is 0.963 bits per heavy atom. The van der Waals surface area contributed by atoms with Crippen LogP contribution in [0, 0.1) is 6.92 Å². The molecule has 0 atom stereocenters. The lowest BCUT2D eigenvalue weighted by molar-refractivity contribution is -0.137. The molecule has 1 heterocycles. The van der Waals surface area contributed by atoms with Gasteiger partial charge in [0.2, 0.25) is 0 Å². The topological polar surface area (TPSA) is 72.2 Å². The Labute approximate surface area is 151 Å². The monoisotopic (exact) mass is 374 g/mol. The molecule has 1 aromatic heterocycles. The second-order valence-electron chi connectivity index (χ2n) is 5.73. The number of hydrogen-bond acceptors (Lipinski definition) is 4. The van der Waals surface area contributed by atoms with Gasteiger partial charge in [0.05, 0.1) is 11.8 Å². The number of nitrogens with zero attached hydrogens (tertiary/aromatic N) is 1. The van der Waals surface area contributed by atoms with Crippen molar-refractivity contribution in [2.24, 2.45) is 0 Å². The van der Waals surface area contributed by atoms with E-state index in [-0.39, 0.29) is 11.1 Å². The number of halogens is 3. The minimum Gasteiger partial charge on any atom is -0.361 e. The highest BCUT2D eigenvalue weighted by Crippen LogP contribution is 2.29. The Balaban J connectivity index is 1.72. The lowest BCUT2D eigenvalue weighted by Crippen LogP contribution is -2.12. The lowest BCUT2D eigenvalue weighted by Gasteiger charge is -2.08. The van der Waals surface area contributed by atoms with Crippen LogP contribution in [0.25, 0.3) is 0 Å². The molecule has 0 spiro atoms. The molecule has 138 valence electrons. The predicted octanol–water partition coefficient (Wildman–Crippen LogP) is 4.49. The number of hydrogen-bond donors (Lipinski definition) is 1. The van der Waals surface area contributed by atoms with Gasteiger partial charge in [0.1, 0.15) is 11.3 Å². The lowest BCUT2D eigenvalue weighted by atomic mass is 10.0. The van der Waals surface area contributed by atoms with Crippen LogP contribution in [0.15, 0.2) is 59.3 Å². The molecule has 0 unspecified atom stereocenters. The Morgan fingerprint density at radius 2 is 1.52 bits per heavy atom. The quantitative estimate of drug-likeness (QED) is 0.683. The van der Waals surface area contributed by atoms with Gasteiger partial charge < -0.3 is 9.84 Å². The number of anilines is 1. The van der Waals surface area contributed by atoms with Crippen molar-refractivity contribution in [3.63, 3.8) is 0 Å². The van der Waals surface area contributed by atoms with Crippen LogP contribution in [-0.4, -0.2) is 16.8 Å². The van der Waals surface area contributed by atoms with Crippen LogP contribution in [0.4, 0.5) is 18.9 Å². The number of aromatic nitrogens is 1. The SMILES string of the molecule is Cc1oncc1C(=O)Nc1ccc(C(=O)c2ccc(C(F)(F)F)cc2)cc1.